The molecule has 0 spiro atoms. The Morgan fingerprint density at radius 3 is 2.55 bits per heavy atom. The molecule has 4 heterocycles. The predicted molar refractivity (Wildman–Crippen MR) is 145 cm³/mol. The number of H-pyrrole nitrogens is 1. The van der Waals surface area contributed by atoms with Crippen molar-refractivity contribution >= 4 is 22.9 Å². The van der Waals surface area contributed by atoms with Gasteiger partial charge in [0.05, 0.1) is 18.8 Å². The third kappa shape index (κ3) is 4.81. The summed E-state index contributed by atoms with van der Waals surface area (Å²) in [5, 5.41) is 10.0. The largest absolute Gasteiger partial charge is 0.434 e. The van der Waals surface area contributed by atoms with Crippen molar-refractivity contribution in [3.63, 3.8) is 0 Å². The molecule has 206 valence electrons. The molecule has 1 aliphatic heterocycles. The van der Waals surface area contributed by atoms with Crippen LogP contribution in [0.2, 0.25) is 0 Å². The number of anilines is 2. The first kappa shape index (κ1) is 25.3. The molecule has 0 aromatic carbocycles. The molecule has 2 N–H and O–H groups in total. The van der Waals surface area contributed by atoms with Gasteiger partial charge in [-0.25, -0.2) is 19.9 Å². The van der Waals surface area contributed by atoms with Gasteiger partial charge in [0.2, 0.25) is 11.8 Å². The fraction of sp³-hybridized carbons (Fsp3) is 0.741. The van der Waals surface area contributed by atoms with Crippen LogP contribution in [0.1, 0.15) is 72.6 Å². The molecule has 3 fully saturated rings. The summed E-state index contributed by atoms with van der Waals surface area (Å²) < 4.78 is 13.5. The molecule has 11 heteroatoms. The highest BCUT2D eigenvalue weighted by Gasteiger charge is 2.33. The van der Waals surface area contributed by atoms with Crippen molar-refractivity contribution in [2.75, 3.05) is 23.4 Å². The second kappa shape index (κ2) is 10.3. The molecule has 1 saturated heterocycles. The van der Waals surface area contributed by atoms with Crippen LogP contribution < -0.4 is 16.0 Å². The molecular formula is C27H40N8O3. The summed E-state index contributed by atoms with van der Waals surface area (Å²) in [5.41, 5.74) is 1.51. The number of nitrogens with one attached hydrogen (secondary N) is 2. The second-order valence-electron chi connectivity index (χ2n) is 11.8. The van der Waals surface area contributed by atoms with Crippen LogP contribution in [0.25, 0.3) is 22.9 Å². The highest BCUT2D eigenvalue weighted by Crippen LogP contribution is 2.37. The van der Waals surface area contributed by atoms with E-state index in [0.29, 0.717) is 24.1 Å². The van der Waals surface area contributed by atoms with Gasteiger partial charge in [0.1, 0.15) is 5.52 Å². The van der Waals surface area contributed by atoms with Crippen molar-refractivity contribution in [1.29, 1.82) is 0 Å². The molecule has 0 amide bonds. The smallest absolute Gasteiger partial charge is 0.384 e. The Morgan fingerprint density at radius 1 is 1.08 bits per heavy atom. The van der Waals surface area contributed by atoms with E-state index in [0.717, 1.165) is 36.3 Å². The van der Waals surface area contributed by atoms with E-state index in [4.69, 9.17) is 24.1 Å². The van der Waals surface area contributed by atoms with Crippen molar-refractivity contribution in [2.45, 2.75) is 97.4 Å². The zero-order chi connectivity index (χ0) is 26.4. The number of aromatic amines is 1. The predicted octanol–water partition coefficient (Wildman–Crippen LogP) is 4.21. The van der Waals surface area contributed by atoms with Crippen LogP contribution in [0.3, 0.4) is 0 Å². The van der Waals surface area contributed by atoms with Gasteiger partial charge in [0.15, 0.2) is 11.5 Å². The molecule has 2 aliphatic carbocycles. The van der Waals surface area contributed by atoms with Crippen LogP contribution in [0, 0.1) is 17.8 Å². The van der Waals surface area contributed by atoms with E-state index in [1.54, 1.807) is 0 Å². The molecule has 38 heavy (non-hydrogen) atoms. The molecule has 6 rings (SSSR count). The summed E-state index contributed by atoms with van der Waals surface area (Å²) in [6.07, 6.45) is 8.77. The summed E-state index contributed by atoms with van der Waals surface area (Å²) in [5.74, 6) is 3.32. The zero-order valence-electron chi connectivity index (χ0n) is 22.9. The second-order valence-corrected chi connectivity index (χ2v) is 11.8. The number of imidazole rings is 1. The lowest BCUT2D eigenvalue weighted by molar-refractivity contribution is 0.0274. The number of aromatic nitrogens is 6. The monoisotopic (exact) mass is 524 g/mol. The summed E-state index contributed by atoms with van der Waals surface area (Å²) in [6, 6.07) is 0.429. The number of rotatable bonds is 7. The maximum Gasteiger partial charge on any atom is 0.434 e. The van der Waals surface area contributed by atoms with Crippen molar-refractivity contribution < 1.29 is 9.15 Å². The summed E-state index contributed by atoms with van der Waals surface area (Å²) in [4.78, 5) is 28.8. The Labute approximate surface area is 222 Å². The minimum Gasteiger partial charge on any atom is -0.384 e. The Bertz CT molecular complexity index is 1320. The molecule has 0 bridgehead atoms. The Morgan fingerprint density at radius 2 is 1.87 bits per heavy atom. The molecule has 3 aliphatic rings. The first-order valence-corrected chi connectivity index (χ1v) is 14.4. The van der Waals surface area contributed by atoms with Gasteiger partial charge in [-0.15, -0.1) is 5.10 Å². The fourth-order valence-corrected chi connectivity index (χ4v) is 6.20. The molecule has 11 nitrogen and oxygen atoms in total. The van der Waals surface area contributed by atoms with Gasteiger partial charge >= 0.3 is 5.76 Å². The van der Waals surface area contributed by atoms with E-state index in [1.165, 1.54) is 44.9 Å². The van der Waals surface area contributed by atoms with Crippen LogP contribution in [0.4, 0.5) is 11.8 Å². The summed E-state index contributed by atoms with van der Waals surface area (Å²) in [6.45, 7) is 11.2. The summed E-state index contributed by atoms with van der Waals surface area (Å²) >= 11 is 0. The molecule has 3 aromatic rings. The van der Waals surface area contributed by atoms with E-state index in [1.807, 2.05) is 0 Å². The highest BCUT2D eigenvalue weighted by molar-refractivity contribution is 5.87. The SMILES string of the molecule is C[C@@H]1OCCN(c2nc3nc(-c4n[nH]c(=O)o4)nc(N[C@H](C)C4CCC4)c3n2C[C@H]2CC[C@H](C)CC2)[C@@H]1C. The molecule has 3 atom stereocenters. The lowest BCUT2D eigenvalue weighted by atomic mass is 9.80. The molecular weight excluding hydrogens is 484 g/mol. The van der Waals surface area contributed by atoms with Gasteiger partial charge in [0.25, 0.3) is 5.89 Å². The van der Waals surface area contributed by atoms with E-state index in [2.05, 4.69) is 52.7 Å². The van der Waals surface area contributed by atoms with E-state index in [-0.39, 0.29) is 29.9 Å². The maximum atomic E-state index is 11.7. The van der Waals surface area contributed by atoms with E-state index in [9.17, 15) is 4.79 Å². The van der Waals surface area contributed by atoms with E-state index >= 15 is 0 Å². The maximum absolute atomic E-state index is 11.7. The van der Waals surface area contributed by atoms with Crippen LogP contribution in [0.5, 0.6) is 0 Å². The normalized spacial score (nSPS) is 27.4. The number of ether oxygens (including phenoxy) is 1. The third-order valence-corrected chi connectivity index (χ3v) is 9.15. The van der Waals surface area contributed by atoms with Gasteiger partial charge in [-0.3, -0.25) is 0 Å². The minimum absolute atomic E-state index is 0.0713. The average Bonchev–Trinajstić information content (AvgIpc) is 3.45. The lowest BCUT2D eigenvalue weighted by Crippen LogP contribution is -2.49. The van der Waals surface area contributed by atoms with Crippen LogP contribution >= 0.6 is 0 Å². The standard InChI is InChI=1S/C27H40N8O3/c1-15-8-10-19(11-9-15)14-35-21-22(28-16(2)20-6-5-7-20)29-24(25-32-33-27(36)38-25)30-23(21)31-26(35)34-12-13-37-18(4)17(34)3/h15-20H,5-14H2,1-4H3,(H,33,36)(H,28,29,30)/t15-,16-,17-,18+,19-/m1/s1. The van der Waals surface area contributed by atoms with Gasteiger partial charge < -0.3 is 23.9 Å². The quantitative estimate of drug-likeness (QED) is 0.467. The number of hydrogen-bond donors (Lipinski definition) is 2. The summed E-state index contributed by atoms with van der Waals surface area (Å²) in [7, 11) is 0. The lowest BCUT2D eigenvalue weighted by Gasteiger charge is -2.39. The van der Waals surface area contributed by atoms with Crippen LogP contribution in [0.15, 0.2) is 9.21 Å². The third-order valence-electron chi connectivity index (χ3n) is 9.15. The molecule has 2 saturated carbocycles. The first-order valence-electron chi connectivity index (χ1n) is 14.4. The number of nitrogens with zero attached hydrogens (tertiary/aromatic N) is 6. The average molecular weight is 525 g/mol. The number of morpholine rings is 1. The highest BCUT2D eigenvalue weighted by atomic mass is 16.5. The van der Waals surface area contributed by atoms with Gasteiger partial charge in [-0.05, 0) is 64.2 Å². The van der Waals surface area contributed by atoms with Gasteiger partial charge in [0, 0.05) is 19.1 Å². The van der Waals surface area contributed by atoms with Crippen molar-refractivity contribution in [3.05, 3.63) is 10.6 Å². The van der Waals surface area contributed by atoms with Crippen molar-refractivity contribution in [3.8, 4) is 11.7 Å². The minimum atomic E-state index is -0.630. The first-order chi connectivity index (χ1) is 18.4. The Balaban J connectivity index is 1.49. The topological polar surface area (TPSA) is 127 Å². The van der Waals surface area contributed by atoms with Crippen LogP contribution in [-0.4, -0.2) is 61.1 Å². The number of fused-ring (bicyclic) bond motifs is 1. The molecule has 0 unspecified atom stereocenters. The van der Waals surface area contributed by atoms with Crippen LogP contribution in [-0.2, 0) is 11.3 Å². The Hall–Kier alpha value is -2.95. The zero-order valence-corrected chi connectivity index (χ0v) is 22.9. The molecule has 0 radical (unpaired) electrons. The van der Waals surface area contributed by atoms with Crippen molar-refractivity contribution in [1.82, 2.24) is 29.7 Å². The van der Waals surface area contributed by atoms with Gasteiger partial charge in [-0.2, -0.15) is 4.98 Å². The van der Waals surface area contributed by atoms with Gasteiger partial charge in [-0.1, -0.05) is 26.2 Å². The Kier molecular flexibility index (Phi) is 6.88. The van der Waals surface area contributed by atoms with Crippen molar-refractivity contribution in [2.24, 2.45) is 17.8 Å². The van der Waals surface area contributed by atoms with E-state index < -0.39 is 5.76 Å². The fourth-order valence-electron chi connectivity index (χ4n) is 6.20. The number of hydrogen-bond acceptors (Lipinski definition) is 9. The molecule has 3 aromatic heterocycles.